The quantitative estimate of drug-likeness (QED) is 0.611. The summed E-state index contributed by atoms with van der Waals surface area (Å²) in [5.74, 6) is 2.20. The number of benzene rings is 2. The van der Waals surface area contributed by atoms with Crippen molar-refractivity contribution < 1.29 is 0 Å². The fraction of sp³-hybridized carbons (Fsp3) is 0.520. The van der Waals surface area contributed by atoms with Crippen LogP contribution in [-0.4, -0.2) is 35.5 Å². The highest BCUT2D eigenvalue weighted by Gasteiger charge is 2.44. The van der Waals surface area contributed by atoms with E-state index in [1.807, 2.05) is 0 Å². The fourth-order valence-corrected chi connectivity index (χ4v) is 9.27. The monoisotopic (exact) mass is 409 g/mol. The van der Waals surface area contributed by atoms with Crippen LogP contribution >= 0.6 is 23.5 Å². The van der Waals surface area contributed by atoms with Crippen LogP contribution in [0.25, 0.3) is 0 Å². The van der Waals surface area contributed by atoms with E-state index < -0.39 is 0 Å². The Balaban J connectivity index is 1.15. The second-order valence-corrected chi connectivity index (χ2v) is 11.9. The standard InChI is InChI=1S/C25H31NS2/c1-2-7-20(8-3-1)17-21-12-15-26(16-13-21)18-23-19-27-25(28-23)14-6-10-22-9-4-5-11-24(22)25/h1-5,7-9,11,21,23H,6,10,12-19H2/t23-,25-/m1/s1. The van der Waals surface area contributed by atoms with E-state index in [-0.39, 0.29) is 0 Å². The molecule has 1 nitrogen and oxygen atoms in total. The summed E-state index contributed by atoms with van der Waals surface area (Å²) in [6, 6.07) is 20.3. The minimum absolute atomic E-state index is 0.352. The molecule has 2 saturated heterocycles. The number of aryl methyl sites for hydroxylation is 1. The summed E-state index contributed by atoms with van der Waals surface area (Å²) in [5.41, 5.74) is 4.76. The first-order chi connectivity index (χ1) is 13.8. The third-order valence-electron chi connectivity index (χ3n) is 6.78. The van der Waals surface area contributed by atoms with Crippen molar-refractivity contribution in [2.75, 3.05) is 25.4 Å². The molecule has 28 heavy (non-hydrogen) atoms. The van der Waals surface area contributed by atoms with Gasteiger partial charge in [0.1, 0.15) is 0 Å². The van der Waals surface area contributed by atoms with Crippen molar-refractivity contribution >= 4 is 23.5 Å². The van der Waals surface area contributed by atoms with Crippen LogP contribution in [0, 0.1) is 5.92 Å². The van der Waals surface area contributed by atoms with E-state index in [0.29, 0.717) is 4.08 Å². The molecule has 1 spiro atoms. The number of piperidine rings is 1. The fourth-order valence-electron chi connectivity index (χ4n) is 5.29. The van der Waals surface area contributed by atoms with Gasteiger partial charge in [-0.2, -0.15) is 0 Å². The highest BCUT2D eigenvalue weighted by molar-refractivity contribution is 8.21. The van der Waals surface area contributed by atoms with Gasteiger partial charge in [0.25, 0.3) is 0 Å². The van der Waals surface area contributed by atoms with Gasteiger partial charge in [-0.25, -0.2) is 0 Å². The first kappa shape index (κ1) is 19.1. The van der Waals surface area contributed by atoms with Crippen LogP contribution in [-0.2, 0) is 16.9 Å². The molecule has 0 radical (unpaired) electrons. The lowest BCUT2D eigenvalue weighted by Crippen LogP contribution is -2.38. The van der Waals surface area contributed by atoms with E-state index >= 15 is 0 Å². The maximum Gasteiger partial charge on any atom is 0.0866 e. The third kappa shape index (κ3) is 4.04. The van der Waals surface area contributed by atoms with Gasteiger partial charge in [-0.3, -0.25) is 0 Å². The summed E-state index contributed by atoms with van der Waals surface area (Å²) in [6.45, 7) is 3.88. The molecule has 0 N–H and O–H groups in total. The maximum absolute atomic E-state index is 2.76. The van der Waals surface area contributed by atoms with Crippen molar-refractivity contribution in [3.8, 4) is 0 Å². The second-order valence-electron chi connectivity index (χ2n) is 8.75. The third-order valence-corrected chi connectivity index (χ3v) is 10.5. The number of thioether (sulfide) groups is 2. The molecule has 2 fully saturated rings. The first-order valence-electron chi connectivity index (χ1n) is 11.0. The Labute approximate surface area is 178 Å². The van der Waals surface area contributed by atoms with Crippen LogP contribution in [0.1, 0.15) is 42.4 Å². The Hall–Kier alpha value is -0.900. The lowest BCUT2D eigenvalue weighted by molar-refractivity contribution is 0.186. The average molecular weight is 410 g/mol. The van der Waals surface area contributed by atoms with Crippen LogP contribution in [0.2, 0.25) is 0 Å². The van der Waals surface area contributed by atoms with E-state index in [1.165, 1.54) is 69.5 Å². The Bertz CT molecular complexity index is 784. The molecule has 5 rings (SSSR count). The van der Waals surface area contributed by atoms with Crippen LogP contribution in [0.4, 0.5) is 0 Å². The number of hydrogen-bond acceptors (Lipinski definition) is 3. The van der Waals surface area contributed by atoms with Gasteiger partial charge < -0.3 is 4.90 Å². The number of rotatable bonds is 4. The minimum Gasteiger partial charge on any atom is -0.302 e. The number of nitrogens with zero attached hydrogens (tertiary/aromatic N) is 1. The zero-order valence-corrected chi connectivity index (χ0v) is 18.3. The molecule has 2 aromatic rings. The van der Waals surface area contributed by atoms with Crippen molar-refractivity contribution in [3.63, 3.8) is 0 Å². The summed E-state index contributed by atoms with van der Waals surface area (Å²) in [4.78, 5) is 2.76. The van der Waals surface area contributed by atoms with Gasteiger partial charge in [0.15, 0.2) is 0 Å². The molecule has 0 unspecified atom stereocenters. The minimum atomic E-state index is 0.352. The smallest absolute Gasteiger partial charge is 0.0866 e. The van der Waals surface area contributed by atoms with Gasteiger partial charge in [-0.1, -0.05) is 54.6 Å². The van der Waals surface area contributed by atoms with Crippen molar-refractivity contribution in [2.45, 2.75) is 47.9 Å². The zero-order chi connectivity index (χ0) is 18.8. The molecule has 3 heteroatoms. The summed E-state index contributed by atoms with van der Waals surface area (Å²) in [7, 11) is 0. The largest absolute Gasteiger partial charge is 0.302 e. The molecule has 1 aliphatic carbocycles. The summed E-state index contributed by atoms with van der Waals surface area (Å²) < 4.78 is 0.352. The molecule has 2 aromatic carbocycles. The first-order valence-corrected chi connectivity index (χ1v) is 12.8. The lowest BCUT2D eigenvalue weighted by Gasteiger charge is -2.36. The predicted molar refractivity (Wildman–Crippen MR) is 124 cm³/mol. The van der Waals surface area contributed by atoms with Gasteiger partial charge in [0, 0.05) is 17.5 Å². The highest BCUT2D eigenvalue weighted by Crippen LogP contribution is 2.60. The van der Waals surface area contributed by atoms with Crippen LogP contribution in [0.15, 0.2) is 54.6 Å². The van der Waals surface area contributed by atoms with E-state index in [1.54, 1.807) is 11.1 Å². The van der Waals surface area contributed by atoms with Crippen LogP contribution in [0.3, 0.4) is 0 Å². The Morgan fingerprint density at radius 1 is 0.964 bits per heavy atom. The summed E-state index contributed by atoms with van der Waals surface area (Å²) in [5, 5.41) is 0.793. The SMILES string of the molecule is c1ccc(CC2CCN(C[C@@H]3CS[C@]4(CCCc5ccccc54)S3)CC2)cc1. The molecule has 0 saturated carbocycles. The second kappa shape index (κ2) is 8.45. The van der Waals surface area contributed by atoms with Gasteiger partial charge in [0.2, 0.25) is 0 Å². The van der Waals surface area contributed by atoms with Crippen molar-refractivity contribution in [1.82, 2.24) is 4.90 Å². The molecular formula is C25H31NS2. The van der Waals surface area contributed by atoms with E-state index in [2.05, 4.69) is 83.0 Å². The highest BCUT2D eigenvalue weighted by atomic mass is 32.2. The van der Waals surface area contributed by atoms with Gasteiger partial charge in [0.05, 0.1) is 4.08 Å². The van der Waals surface area contributed by atoms with Gasteiger partial charge in [-0.15, -0.1) is 23.5 Å². The molecule has 2 atom stereocenters. The van der Waals surface area contributed by atoms with E-state index in [0.717, 1.165) is 11.2 Å². The van der Waals surface area contributed by atoms with E-state index in [4.69, 9.17) is 0 Å². The molecule has 2 heterocycles. The predicted octanol–water partition coefficient (Wildman–Crippen LogP) is 5.98. The maximum atomic E-state index is 2.76. The molecule has 3 aliphatic rings. The Kier molecular flexibility index (Phi) is 5.76. The average Bonchev–Trinajstić information content (AvgIpc) is 3.14. The van der Waals surface area contributed by atoms with E-state index in [9.17, 15) is 0 Å². The van der Waals surface area contributed by atoms with Crippen LogP contribution < -0.4 is 0 Å². The lowest BCUT2D eigenvalue weighted by atomic mass is 9.90. The van der Waals surface area contributed by atoms with Crippen molar-refractivity contribution in [1.29, 1.82) is 0 Å². The molecular weight excluding hydrogens is 378 g/mol. The van der Waals surface area contributed by atoms with Gasteiger partial charge >= 0.3 is 0 Å². The van der Waals surface area contributed by atoms with Gasteiger partial charge in [-0.05, 0) is 74.2 Å². The normalized spacial score (nSPS) is 28.5. The number of likely N-dealkylation sites (tertiary alicyclic amines) is 1. The Morgan fingerprint density at radius 3 is 2.61 bits per heavy atom. The zero-order valence-electron chi connectivity index (χ0n) is 16.7. The molecule has 0 amide bonds. The molecule has 0 aromatic heterocycles. The van der Waals surface area contributed by atoms with Crippen molar-refractivity contribution in [3.05, 3.63) is 71.3 Å². The topological polar surface area (TPSA) is 3.24 Å². The van der Waals surface area contributed by atoms with Crippen molar-refractivity contribution in [2.24, 2.45) is 5.92 Å². The molecule has 0 bridgehead atoms. The molecule has 2 aliphatic heterocycles. The Morgan fingerprint density at radius 2 is 1.75 bits per heavy atom. The van der Waals surface area contributed by atoms with Crippen LogP contribution in [0.5, 0.6) is 0 Å². The molecule has 148 valence electrons. The summed E-state index contributed by atoms with van der Waals surface area (Å²) in [6.07, 6.45) is 7.99. The number of fused-ring (bicyclic) bond motifs is 2. The number of hydrogen-bond donors (Lipinski definition) is 0. The summed E-state index contributed by atoms with van der Waals surface area (Å²) >= 11 is 4.54.